The maximum Gasteiger partial charge on any atom is 0.257 e. The van der Waals surface area contributed by atoms with Crippen LogP contribution in [0.3, 0.4) is 0 Å². The number of hydrogen-bond donors (Lipinski definition) is 1. The van der Waals surface area contributed by atoms with Crippen LogP contribution in [0.4, 0.5) is 5.95 Å². The predicted molar refractivity (Wildman–Crippen MR) is 138 cm³/mol. The van der Waals surface area contributed by atoms with Gasteiger partial charge in [-0.15, -0.1) is 6.58 Å². The van der Waals surface area contributed by atoms with Crippen LogP contribution in [0.15, 0.2) is 61.2 Å². The fraction of sp³-hybridized carbons (Fsp3) is 0.357. The highest BCUT2D eigenvalue weighted by Crippen LogP contribution is 2.26. The number of fused-ring (bicyclic) bond motifs is 1. The summed E-state index contributed by atoms with van der Waals surface area (Å²) in [4.78, 5) is 44.5. The largest absolute Gasteiger partial charge is 0.332 e. The summed E-state index contributed by atoms with van der Waals surface area (Å²) in [5.41, 5.74) is 2.44. The van der Waals surface area contributed by atoms with Gasteiger partial charge in [-0.05, 0) is 50.1 Å². The van der Waals surface area contributed by atoms with Gasteiger partial charge in [-0.2, -0.15) is 0 Å². The summed E-state index contributed by atoms with van der Waals surface area (Å²) < 4.78 is 1.83. The van der Waals surface area contributed by atoms with Gasteiger partial charge >= 0.3 is 0 Å². The maximum absolute atomic E-state index is 13.5. The summed E-state index contributed by atoms with van der Waals surface area (Å²) >= 11 is 0. The Morgan fingerprint density at radius 3 is 2.51 bits per heavy atom. The minimum absolute atomic E-state index is 0.0353. The topological polar surface area (TPSA) is 84.3 Å². The molecule has 1 aliphatic rings. The molecule has 0 unspecified atom stereocenters. The Morgan fingerprint density at radius 1 is 1.09 bits per heavy atom. The molecule has 182 valence electrons. The fourth-order valence-corrected chi connectivity index (χ4v) is 4.71. The van der Waals surface area contributed by atoms with Gasteiger partial charge < -0.3 is 9.47 Å². The van der Waals surface area contributed by atoms with E-state index < -0.39 is 0 Å². The Labute approximate surface area is 205 Å². The van der Waals surface area contributed by atoms with Crippen molar-refractivity contribution in [2.45, 2.75) is 58.0 Å². The number of aryl methyl sites for hydroxylation is 1. The first kappa shape index (κ1) is 24.4. The van der Waals surface area contributed by atoms with E-state index in [1.165, 1.54) is 13.3 Å². The molecule has 1 N–H and O–H groups in total. The van der Waals surface area contributed by atoms with Gasteiger partial charge in [-0.1, -0.05) is 43.5 Å². The molecule has 2 aromatic carbocycles. The molecule has 0 spiro atoms. The number of carbonyl (C=O) groups excluding carboxylic acids is 3. The van der Waals surface area contributed by atoms with Crippen molar-refractivity contribution in [3.63, 3.8) is 0 Å². The van der Waals surface area contributed by atoms with E-state index in [0.717, 1.165) is 31.2 Å². The van der Waals surface area contributed by atoms with Gasteiger partial charge in [-0.3, -0.25) is 19.7 Å². The van der Waals surface area contributed by atoms with Gasteiger partial charge in [0.15, 0.2) is 0 Å². The average Bonchev–Trinajstić information content (AvgIpc) is 3.22. The summed E-state index contributed by atoms with van der Waals surface area (Å²) in [6.07, 6.45) is 7.60. The van der Waals surface area contributed by atoms with Crippen LogP contribution in [0.5, 0.6) is 0 Å². The summed E-state index contributed by atoms with van der Waals surface area (Å²) in [5, 5.41) is 2.88. The Kier molecular flexibility index (Phi) is 7.75. The average molecular weight is 473 g/mol. The van der Waals surface area contributed by atoms with Crippen LogP contribution in [0.2, 0.25) is 0 Å². The summed E-state index contributed by atoms with van der Waals surface area (Å²) in [5.74, 6) is 0.0871. The molecule has 0 atom stereocenters. The zero-order valence-electron chi connectivity index (χ0n) is 20.2. The number of hydrogen-bond acceptors (Lipinski definition) is 4. The lowest BCUT2D eigenvalue weighted by Crippen LogP contribution is -2.41. The molecule has 0 saturated heterocycles. The minimum Gasteiger partial charge on any atom is -0.332 e. The van der Waals surface area contributed by atoms with Crippen molar-refractivity contribution in [3.05, 3.63) is 72.3 Å². The zero-order valence-corrected chi connectivity index (χ0v) is 20.2. The second-order valence-electron chi connectivity index (χ2n) is 9.10. The highest BCUT2D eigenvalue weighted by Gasteiger charge is 2.26. The Balaban J connectivity index is 1.66. The first-order chi connectivity index (χ1) is 17.0. The molecule has 35 heavy (non-hydrogen) atoms. The van der Waals surface area contributed by atoms with Gasteiger partial charge in [0.25, 0.3) is 11.8 Å². The first-order valence-corrected chi connectivity index (χ1v) is 12.3. The lowest BCUT2D eigenvalue weighted by Gasteiger charge is -2.33. The van der Waals surface area contributed by atoms with E-state index in [-0.39, 0.29) is 23.6 Å². The molecular formula is C28H32N4O3. The maximum atomic E-state index is 13.5. The minimum atomic E-state index is -0.282. The third kappa shape index (κ3) is 5.67. The fourth-order valence-electron chi connectivity index (χ4n) is 4.71. The van der Waals surface area contributed by atoms with E-state index in [9.17, 15) is 14.4 Å². The summed E-state index contributed by atoms with van der Waals surface area (Å²) in [6.45, 7) is 6.28. The summed E-state index contributed by atoms with van der Waals surface area (Å²) in [7, 11) is 0. The molecule has 3 aromatic rings. The van der Waals surface area contributed by atoms with Crippen LogP contribution in [-0.4, -0.2) is 44.6 Å². The predicted octanol–water partition coefficient (Wildman–Crippen LogP) is 5.23. The standard InChI is InChI=1S/C28H32N4O3/c1-3-17-31(23-12-8-5-9-13-23)27(35)22-14-15-25-24(19-22)29-28(32(25)18-16-20(2)33)30-26(34)21-10-6-4-7-11-21/h3-4,6-7,10-11,14-15,19,23H,1,5,8-9,12-13,16-18H2,2H3,(H,29,30,34). The number of nitrogens with zero attached hydrogens (tertiary/aromatic N) is 3. The van der Waals surface area contributed by atoms with Crippen LogP contribution in [-0.2, 0) is 11.3 Å². The number of amides is 2. The Hall–Kier alpha value is -3.74. The van der Waals surface area contributed by atoms with Crippen LogP contribution in [0, 0.1) is 0 Å². The third-order valence-electron chi connectivity index (χ3n) is 6.55. The third-order valence-corrected chi connectivity index (χ3v) is 6.55. The van der Waals surface area contributed by atoms with Crippen LogP contribution >= 0.6 is 0 Å². The van der Waals surface area contributed by atoms with Crippen molar-refractivity contribution in [2.24, 2.45) is 0 Å². The molecule has 0 radical (unpaired) electrons. The van der Waals surface area contributed by atoms with Crippen molar-refractivity contribution >= 4 is 34.6 Å². The van der Waals surface area contributed by atoms with Crippen molar-refractivity contribution in [2.75, 3.05) is 11.9 Å². The number of rotatable bonds is 9. The lowest BCUT2D eigenvalue weighted by molar-refractivity contribution is -0.117. The SMILES string of the molecule is C=CCN(C(=O)c1ccc2c(c1)nc(NC(=O)c1ccccc1)n2CCC(C)=O)C1CCCCC1. The lowest BCUT2D eigenvalue weighted by atomic mass is 9.93. The van der Waals surface area contributed by atoms with Crippen LogP contribution in [0.25, 0.3) is 11.0 Å². The van der Waals surface area contributed by atoms with Crippen molar-refractivity contribution in [3.8, 4) is 0 Å². The molecule has 2 amide bonds. The highest BCUT2D eigenvalue weighted by atomic mass is 16.2. The quantitative estimate of drug-likeness (QED) is 0.432. The highest BCUT2D eigenvalue weighted by molar-refractivity contribution is 6.04. The molecule has 0 aliphatic heterocycles. The number of Topliss-reactive ketones (excluding diaryl/α,β-unsaturated/α-hetero) is 1. The molecule has 7 heteroatoms. The van der Waals surface area contributed by atoms with Crippen molar-refractivity contribution in [1.82, 2.24) is 14.5 Å². The molecule has 0 bridgehead atoms. The number of nitrogens with one attached hydrogen (secondary N) is 1. The van der Waals surface area contributed by atoms with E-state index >= 15 is 0 Å². The Morgan fingerprint density at radius 2 is 1.83 bits per heavy atom. The first-order valence-electron chi connectivity index (χ1n) is 12.3. The van der Waals surface area contributed by atoms with E-state index in [0.29, 0.717) is 42.1 Å². The number of imidazole rings is 1. The van der Waals surface area contributed by atoms with Gasteiger partial charge in [0.2, 0.25) is 5.95 Å². The molecule has 4 rings (SSSR count). The second kappa shape index (κ2) is 11.1. The van der Waals surface area contributed by atoms with Crippen molar-refractivity contribution < 1.29 is 14.4 Å². The van der Waals surface area contributed by atoms with E-state index in [4.69, 9.17) is 0 Å². The molecule has 1 aromatic heterocycles. The Bertz CT molecular complexity index is 1230. The second-order valence-corrected chi connectivity index (χ2v) is 9.10. The van der Waals surface area contributed by atoms with Gasteiger partial charge in [0.05, 0.1) is 11.0 Å². The van der Waals surface area contributed by atoms with Crippen LogP contribution in [0.1, 0.15) is 66.2 Å². The smallest absolute Gasteiger partial charge is 0.257 e. The molecule has 1 heterocycles. The molecule has 1 fully saturated rings. The van der Waals surface area contributed by atoms with E-state index in [2.05, 4.69) is 16.9 Å². The number of carbonyl (C=O) groups is 3. The molecular weight excluding hydrogens is 440 g/mol. The zero-order chi connectivity index (χ0) is 24.8. The van der Waals surface area contributed by atoms with Crippen LogP contribution < -0.4 is 5.32 Å². The monoisotopic (exact) mass is 472 g/mol. The van der Waals surface area contributed by atoms with Gasteiger partial charge in [0, 0.05) is 36.7 Å². The van der Waals surface area contributed by atoms with E-state index in [1.807, 2.05) is 21.6 Å². The number of benzene rings is 2. The van der Waals surface area contributed by atoms with Crippen molar-refractivity contribution in [1.29, 1.82) is 0 Å². The van der Waals surface area contributed by atoms with Gasteiger partial charge in [0.1, 0.15) is 5.78 Å². The van der Waals surface area contributed by atoms with Gasteiger partial charge in [-0.25, -0.2) is 4.98 Å². The molecule has 1 saturated carbocycles. The molecule has 1 aliphatic carbocycles. The number of ketones is 1. The summed E-state index contributed by atoms with van der Waals surface area (Å²) in [6, 6.07) is 14.6. The van der Waals surface area contributed by atoms with E-state index in [1.54, 1.807) is 42.5 Å². The number of aromatic nitrogens is 2. The molecule has 7 nitrogen and oxygen atoms in total. The normalized spacial score (nSPS) is 14.0. The number of anilines is 1.